The van der Waals surface area contributed by atoms with Gasteiger partial charge in [0.1, 0.15) is 36.6 Å². The number of rotatable bonds is 33. The van der Waals surface area contributed by atoms with Crippen LogP contribution in [0.1, 0.15) is 377 Å². The molecule has 0 amide bonds. The Morgan fingerprint density at radius 2 is 0.386 bits per heavy atom. The number of unbranched alkanes of at least 4 members (excludes halogenated alkanes) is 3. The molecule has 114 heavy (non-hydrogen) atoms. The number of esters is 6. The predicted octanol–water partition coefficient (Wildman–Crippen LogP) is 17.9. The Balaban J connectivity index is 1.34. The lowest BCUT2D eigenvalue weighted by Crippen LogP contribution is -2.61. The fraction of sp³-hybridized carbons (Fsp3) is 0.867. The molecule has 24 heteroatoms. The van der Waals surface area contributed by atoms with Crippen LogP contribution in [0, 0.1) is 16.2 Å². The van der Waals surface area contributed by atoms with Crippen LogP contribution in [0.5, 0.6) is 0 Å². The van der Waals surface area contributed by atoms with E-state index >= 15 is 28.8 Å². The van der Waals surface area contributed by atoms with Crippen molar-refractivity contribution in [2.75, 3.05) is 0 Å². The Bertz CT molecular complexity index is 2840. The molecule has 0 radical (unpaired) electrons. The summed E-state index contributed by atoms with van der Waals surface area (Å²) in [4.78, 5) is 94.2. The van der Waals surface area contributed by atoms with E-state index in [0.29, 0.717) is 154 Å². The quantitative estimate of drug-likeness (QED) is 0.0216. The summed E-state index contributed by atoms with van der Waals surface area (Å²) in [5, 5.41) is 76.4. The van der Waals surface area contributed by atoms with Crippen molar-refractivity contribution in [3.63, 3.8) is 0 Å². The molecule has 6 fully saturated rings. The molecule has 0 unspecified atom stereocenters. The van der Waals surface area contributed by atoms with Gasteiger partial charge in [-0.15, -0.1) is 0 Å². The lowest BCUT2D eigenvalue weighted by molar-refractivity contribution is -0.263. The summed E-state index contributed by atoms with van der Waals surface area (Å²) in [7, 11) is 0. The Morgan fingerprint density at radius 3 is 0.509 bits per heavy atom. The highest BCUT2D eigenvalue weighted by Crippen LogP contribution is 2.49. The third-order valence-corrected chi connectivity index (χ3v) is 26.8. The summed E-state index contributed by atoms with van der Waals surface area (Å²) in [6.45, 7) is 51.6. The van der Waals surface area contributed by atoms with E-state index in [1.807, 2.05) is 187 Å². The van der Waals surface area contributed by atoms with Gasteiger partial charge in [0.15, 0.2) is 16.2 Å². The maximum atomic E-state index is 15.7. The van der Waals surface area contributed by atoms with Crippen molar-refractivity contribution in [3.05, 3.63) is 34.9 Å². The fourth-order valence-corrected chi connectivity index (χ4v) is 21.5. The molecule has 0 bridgehead atoms. The van der Waals surface area contributed by atoms with E-state index in [4.69, 9.17) is 28.4 Å². The second-order valence-corrected chi connectivity index (χ2v) is 43.5. The highest BCUT2D eigenvalue weighted by Gasteiger charge is 2.59. The molecule has 0 saturated carbocycles. The van der Waals surface area contributed by atoms with Crippen molar-refractivity contribution >= 4 is 35.8 Å². The highest BCUT2D eigenvalue weighted by molar-refractivity contribution is 6.01. The Labute approximate surface area is 685 Å². The van der Waals surface area contributed by atoms with Crippen molar-refractivity contribution < 1.29 is 88.4 Å². The molecular formula is C90H156N6O18. The van der Waals surface area contributed by atoms with Gasteiger partial charge in [-0.05, 0) is 260 Å². The molecule has 6 aliphatic heterocycles. The average molecular weight is 1610 g/mol. The molecule has 6 aliphatic rings. The number of aryl methyl sites for hydroxylation is 3. The first kappa shape index (κ1) is 96.7. The van der Waals surface area contributed by atoms with Crippen molar-refractivity contribution in [1.29, 1.82) is 0 Å². The molecule has 654 valence electrons. The SMILES string of the molecule is CCCCC(CCCc1cc(CCCC(CCCC)(C(=O)OC2CC(C)(C)N(O)C(C)(C)C2)C(=O)OC2CC(C)(C)N(O)C(C)(C)C2)cc(CCCC(CCCC)(C(=O)OC2CC(C)(C)N(O)C(C)(C)C2)C(=O)OC2CC(C)(C)N(O)C(C)(C)C2)c1)(C(=O)OC1CC(C)(C)N(O)C(C)(C)C1)C(=O)OC1CC(C)(C)N(O)C(C)(C)C1. The first-order chi connectivity index (χ1) is 52.1. The number of hydrogen-bond donors (Lipinski definition) is 6. The zero-order valence-corrected chi connectivity index (χ0v) is 75.7. The molecule has 6 saturated heterocycles. The topological polar surface area (TPSA) is 299 Å². The van der Waals surface area contributed by atoms with E-state index in [0.717, 1.165) is 16.7 Å². The molecule has 7 rings (SSSR count). The van der Waals surface area contributed by atoms with Gasteiger partial charge >= 0.3 is 35.8 Å². The van der Waals surface area contributed by atoms with Crippen LogP contribution in [0.2, 0.25) is 0 Å². The molecule has 0 aliphatic carbocycles. The Hall–Kier alpha value is -4.44. The average Bonchev–Trinajstić information content (AvgIpc) is 0.760. The number of nitrogens with zero attached hydrogens (tertiary/aromatic N) is 6. The van der Waals surface area contributed by atoms with Gasteiger partial charge < -0.3 is 59.7 Å². The van der Waals surface area contributed by atoms with Gasteiger partial charge in [-0.2, -0.15) is 30.4 Å². The van der Waals surface area contributed by atoms with Gasteiger partial charge in [-0.1, -0.05) is 77.5 Å². The smallest absolute Gasteiger partial charge is 0.323 e. The van der Waals surface area contributed by atoms with Crippen LogP contribution in [-0.4, -0.2) is 201 Å². The van der Waals surface area contributed by atoms with Crippen molar-refractivity contribution in [1.82, 2.24) is 30.4 Å². The molecule has 6 heterocycles. The van der Waals surface area contributed by atoms with Gasteiger partial charge in [-0.3, -0.25) is 28.8 Å². The van der Waals surface area contributed by atoms with Gasteiger partial charge in [0.2, 0.25) is 0 Å². The van der Waals surface area contributed by atoms with Crippen LogP contribution in [0.4, 0.5) is 0 Å². The first-order valence-corrected chi connectivity index (χ1v) is 43.4. The second-order valence-electron chi connectivity index (χ2n) is 43.5. The van der Waals surface area contributed by atoms with Crippen LogP contribution in [-0.2, 0) is 76.5 Å². The molecule has 0 aromatic heterocycles. The molecule has 1 aromatic rings. The summed E-state index contributed by atoms with van der Waals surface area (Å²) in [5.74, 6) is -4.09. The number of hydrogen-bond acceptors (Lipinski definition) is 24. The lowest BCUT2D eigenvalue weighted by Gasteiger charge is -2.51. The van der Waals surface area contributed by atoms with Gasteiger partial charge in [0, 0.05) is 144 Å². The van der Waals surface area contributed by atoms with E-state index in [-0.39, 0.29) is 38.5 Å². The summed E-state index contributed by atoms with van der Waals surface area (Å²) in [5.41, 5.74) is -12.1. The normalized spacial score (nSPS) is 24.5. The van der Waals surface area contributed by atoms with Crippen LogP contribution in [0.3, 0.4) is 0 Å². The predicted molar refractivity (Wildman–Crippen MR) is 437 cm³/mol. The second kappa shape index (κ2) is 35.7. The monoisotopic (exact) mass is 1610 g/mol. The van der Waals surface area contributed by atoms with Gasteiger partial charge in [0.05, 0.1) is 0 Å². The summed E-state index contributed by atoms with van der Waals surface area (Å²) in [6, 6.07) is 6.29. The fourth-order valence-electron chi connectivity index (χ4n) is 21.5. The number of benzene rings is 1. The van der Waals surface area contributed by atoms with E-state index in [9.17, 15) is 31.2 Å². The lowest BCUT2D eigenvalue weighted by atomic mass is 9.75. The van der Waals surface area contributed by atoms with Crippen LogP contribution in [0.15, 0.2) is 18.2 Å². The van der Waals surface area contributed by atoms with Crippen molar-refractivity contribution in [2.45, 2.75) is 483 Å². The third-order valence-electron chi connectivity index (χ3n) is 26.8. The molecule has 1 aromatic carbocycles. The Morgan fingerprint density at radius 1 is 0.263 bits per heavy atom. The van der Waals surface area contributed by atoms with Crippen molar-refractivity contribution in [3.8, 4) is 0 Å². The van der Waals surface area contributed by atoms with Crippen LogP contribution in [0.25, 0.3) is 0 Å². The zero-order valence-electron chi connectivity index (χ0n) is 75.7. The zero-order chi connectivity index (χ0) is 86.2. The van der Waals surface area contributed by atoms with Crippen LogP contribution >= 0.6 is 0 Å². The van der Waals surface area contributed by atoms with E-state index < -0.39 is 155 Å². The minimum absolute atomic E-state index is 0.0462. The van der Waals surface area contributed by atoms with E-state index in [2.05, 4.69) is 18.2 Å². The Kier molecular flexibility index (Phi) is 30.3. The summed E-state index contributed by atoms with van der Waals surface area (Å²) in [6.07, 6.45) is 5.70. The van der Waals surface area contributed by atoms with Gasteiger partial charge in [0.25, 0.3) is 0 Å². The highest BCUT2D eigenvalue weighted by atomic mass is 16.6. The number of carbonyl (C=O) groups excluding carboxylic acids is 6. The number of carbonyl (C=O) groups is 6. The van der Waals surface area contributed by atoms with E-state index in [1.54, 1.807) is 0 Å². The van der Waals surface area contributed by atoms with Crippen LogP contribution < -0.4 is 0 Å². The van der Waals surface area contributed by atoms with Crippen molar-refractivity contribution in [2.24, 2.45) is 16.2 Å². The third kappa shape index (κ3) is 22.0. The van der Waals surface area contributed by atoms with E-state index in [1.165, 1.54) is 30.4 Å². The number of ether oxygens (including phenoxy) is 6. The number of piperidine rings is 6. The molecule has 0 spiro atoms. The number of hydroxylamine groups is 12. The largest absolute Gasteiger partial charge is 0.461 e. The van der Waals surface area contributed by atoms with Gasteiger partial charge in [-0.25, -0.2) is 0 Å². The molecule has 6 N–H and O–H groups in total. The maximum Gasteiger partial charge on any atom is 0.323 e. The first-order valence-electron chi connectivity index (χ1n) is 43.4. The minimum Gasteiger partial charge on any atom is -0.461 e. The standard InChI is InChI=1S/C90H156N6O18/c1-28-31-40-88(70(97)109-64-49-76(4,5)91(103)77(6,7)50-64,71(98)110-65-51-78(8,9)92(104)79(10,11)52-65)43-34-37-61-46-62(38-35-44-89(41-32-29-2,72(99)111-66-53-80(12,13)93(105)81(14,15)54-66)73(100)112-67-55-82(16,17)94(106)83(18,19)56-67)48-63(47-61)39-36-45-90(42-33-30-3,74(101)113-68-57-84(20,21)95(107)85(22,23)58-68)75(102)114-69-59-86(24,25)96(108)87(26,27)60-69/h46-48,64-69,103-108H,28-45,49-60H2,1-27H3. The molecular weight excluding hydrogens is 1450 g/mol. The minimum atomic E-state index is -1.77. The molecule has 24 nitrogen and oxygen atoms in total. The summed E-state index contributed by atoms with van der Waals surface area (Å²) >= 11 is 0. The maximum absolute atomic E-state index is 15.7. The summed E-state index contributed by atoms with van der Waals surface area (Å²) < 4.78 is 39.8. The molecule has 0 atom stereocenters.